The summed E-state index contributed by atoms with van der Waals surface area (Å²) in [5, 5.41) is 3.08. The van der Waals surface area contributed by atoms with Crippen LogP contribution < -0.4 is 5.32 Å². The molecular weight excluding hydrogens is 317 g/mol. The lowest BCUT2D eigenvalue weighted by molar-refractivity contribution is -0.122. The van der Waals surface area contributed by atoms with Crippen molar-refractivity contribution in [2.45, 2.75) is 23.7 Å². The van der Waals surface area contributed by atoms with Crippen molar-refractivity contribution in [1.82, 2.24) is 5.32 Å². The molecule has 1 aliphatic carbocycles. The van der Waals surface area contributed by atoms with E-state index in [1.54, 1.807) is 0 Å². The molecule has 1 N–H and O–H groups in total. The van der Waals surface area contributed by atoms with Gasteiger partial charge in [0, 0.05) is 0 Å². The summed E-state index contributed by atoms with van der Waals surface area (Å²) in [6.07, 6.45) is 0.511. The number of alkyl halides is 2. The Morgan fingerprint density at radius 2 is 1.64 bits per heavy atom. The molecule has 1 amide bonds. The highest BCUT2D eigenvalue weighted by molar-refractivity contribution is 6.52. The molecule has 114 valence electrons. The van der Waals surface area contributed by atoms with Gasteiger partial charge >= 0.3 is 0 Å². The number of hydrogen-bond donors (Lipinski definition) is 1. The van der Waals surface area contributed by atoms with Crippen molar-refractivity contribution < 1.29 is 4.79 Å². The van der Waals surface area contributed by atoms with Crippen molar-refractivity contribution in [3.05, 3.63) is 71.3 Å². The molecule has 0 unspecified atom stereocenters. The summed E-state index contributed by atoms with van der Waals surface area (Å²) in [6.45, 7) is 2.04. The van der Waals surface area contributed by atoms with Crippen LogP contribution in [0.15, 0.2) is 54.6 Å². The van der Waals surface area contributed by atoms with Crippen molar-refractivity contribution in [3.8, 4) is 0 Å². The van der Waals surface area contributed by atoms with Gasteiger partial charge in [-0.1, -0.05) is 60.2 Å². The van der Waals surface area contributed by atoms with Crippen molar-refractivity contribution in [2.75, 3.05) is 0 Å². The Labute approximate surface area is 140 Å². The Morgan fingerprint density at radius 3 is 2.18 bits per heavy atom. The number of halogens is 2. The van der Waals surface area contributed by atoms with Crippen LogP contribution in [0.25, 0.3) is 0 Å². The van der Waals surface area contributed by atoms with Crippen LogP contribution >= 0.6 is 23.2 Å². The van der Waals surface area contributed by atoms with Gasteiger partial charge in [0.25, 0.3) is 0 Å². The van der Waals surface area contributed by atoms with Gasteiger partial charge in [-0.15, -0.1) is 23.2 Å². The van der Waals surface area contributed by atoms with Gasteiger partial charge in [-0.25, -0.2) is 0 Å². The number of aryl methyl sites for hydroxylation is 1. The summed E-state index contributed by atoms with van der Waals surface area (Å²) in [7, 11) is 0. The molecule has 0 heterocycles. The topological polar surface area (TPSA) is 29.1 Å². The van der Waals surface area contributed by atoms with Crippen LogP contribution in [-0.4, -0.2) is 10.2 Å². The van der Waals surface area contributed by atoms with Crippen LogP contribution in [0.4, 0.5) is 0 Å². The number of amides is 1. The van der Waals surface area contributed by atoms with Crippen LogP contribution in [0, 0.1) is 12.8 Å². The van der Waals surface area contributed by atoms with E-state index in [9.17, 15) is 4.79 Å². The van der Waals surface area contributed by atoms with E-state index in [2.05, 4.69) is 5.32 Å². The Morgan fingerprint density at radius 1 is 1.09 bits per heavy atom. The molecule has 0 radical (unpaired) electrons. The fourth-order valence-corrected chi connectivity index (χ4v) is 3.01. The second-order valence-electron chi connectivity index (χ2n) is 5.78. The van der Waals surface area contributed by atoms with Crippen LogP contribution in [-0.2, 0) is 4.79 Å². The van der Waals surface area contributed by atoms with Gasteiger partial charge in [0.05, 0.1) is 12.0 Å². The quantitative estimate of drug-likeness (QED) is 0.826. The highest BCUT2D eigenvalue weighted by atomic mass is 35.5. The number of carbonyl (C=O) groups excluding carboxylic acids is 1. The minimum Gasteiger partial charge on any atom is -0.345 e. The standard InChI is InChI=1S/C18H17Cl2NO/c1-12-7-9-14(10-8-12)16(13-5-3-2-4-6-13)21-17(22)15-11-18(15,19)20/h2-10,15-16H,11H2,1H3,(H,21,22)/t15-,16+/m0/s1. The average molecular weight is 334 g/mol. The highest BCUT2D eigenvalue weighted by Crippen LogP contribution is 2.53. The Bertz CT molecular complexity index is 667. The van der Waals surface area contributed by atoms with E-state index in [4.69, 9.17) is 23.2 Å². The lowest BCUT2D eigenvalue weighted by Gasteiger charge is -2.20. The fourth-order valence-electron chi connectivity index (χ4n) is 2.50. The number of benzene rings is 2. The summed E-state index contributed by atoms with van der Waals surface area (Å²) in [5.41, 5.74) is 3.26. The van der Waals surface area contributed by atoms with Crippen LogP contribution in [0.5, 0.6) is 0 Å². The van der Waals surface area contributed by atoms with Crippen LogP contribution in [0.2, 0.25) is 0 Å². The zero-order chi connectivity index (χ0) is 15.7. The first-order chi connectivity index (χ1) is 10.5. The van der Waals surface area contributed by atoms with Gasteiger partial charge in [0.1, 0.15) is 4.33 Å². The van der Waals surface area contributed by atoms with Crippen molar-refractivity contribution in [1.29, 1.82) is 0 Å². The van der Waals surface area contributed by atoms with Crippen molar-refractivity contribution in [3.63, 3.8) is 0 Å². The largest absolute Gasteiger partial charge is 0.345 e. The molecule has 1 aliphatic rings. The maximum Gasteiger partial charge on any atom is 0.227 e. The second kappa shape index (κ2) is 5.94. The van der Waals surface area contributed by atoms with Gasteiger partial charge in [-0.05, 0) is 24.5 Å². The van der Waals surface area contributed by atoms with Gasteiger partial charge in [-0.3, -0.25) is 4.79 Å². The molecule has 1 fully saturated rings. The molecule has 0 spiro atoms. The van der Waals surface area contributed by atoms with Crippen molar-refractivity contribution >= 4 is 29.1 Å². The van der Waals surface area contributed by atoms with Gasteiger partial charge in [0.2, 0.25) is 5.91 Å². The Hall–Kier alpha value is -1.51. The predicted octanol–water partition coefficient (Wildman–Crippen LogP) is 4.39. The lowest BCUT2D eigenvalue weighted by atomic mass is 9.97. The third-order valence-corrected chi connectivity index (χ3v) is 4.81. The zero-order valence-electron chi connectivity index (χ0n) is 12.2. The fraction of sp³-hybridized carbons (Fsp3) is 0.278. The molecule has 0 saturated heterocycles. The molecule has 2 nitrogen and oxygen atoms in total. The van der Waals surface area contributed by atoms with E-state index >= 15 is 0 Å². The van der Waals surface area contributed by atoms with E-state index in [-0.39, 0.29) is 17.9 Å². The highest BCUT2D eigenvalue weighted by Gasteiger charge is 2.56. The molecule has 1 saturated carbocycles. The monoisotopic (exact) mass is 333 g/mol. The molecule has 2 aromatic rings. The molecular formula is C18H17Cl2NO. The molecule has 0 aliphatic heterocycles. The first-order valence-corrected chi connectivity index (χ1v) is 8.03. The molecule has 3 rings (SSSR count). The van der Waals surface area contributed by atoms with Gasteiger partial charge < -0.3 is 5.32 Å². The molecule has 4 heteroatoms. The smallest absolute Gasteiger partial charge is 0.227 e. The van der Waals surface area contributed by atoms with E-state index < -0.39 is 4.33 Å². The molecule has 0 aromatic heterocycles. The summed E-state index contributed by atoms with van der Waals surface area (Å²) in [5.74, 6) is -0.424. The molecule has 22 heavy (non-hydrogen) atoms. The SMILES string of the molecule is Cc1ccc([C@H](NC(=O)[C@@H]2CC2(Cl)Cl)c2ccccc2)cc1. The Kier molecular flexibility index (Phi) is 4.16. The molecule has 2 aromatic carbocycles. The van der Waals surface area contributed by atoms with Gasteiger partial charge in [-0.2, -0.15) is 0 Å². The van der Waals surface area contributed by atoms with Crippen molar-refractivity contribution in [2.24, 2.45) is 5.92 Å². The normalized spacial score (nSPS) is 20.2. The molecule has 0 bridgehead atoms. The average Bonchev–Trinajstić information content (AvgIpc) is 3.15. The lowest BCUT2D eigenvalue weighted by Crippen LogP contribution is -2.31. The third kappa shape index (κ3) is 3.29. The first kappa shape index (κ1) is 15.4. The van der Waals surface area contributed by atoms with Crippen LogP contribution in [0.3, 0.4) is 0 Å². The van der Waals surface area contributed by atoms with E-state index in [0.717, 1.165) is 11.1 Å². The predicted molar refractivity (Wildman–Crippen MR) is 90.2 cm³/mol. The maximum atomic E-state index is 12.4. The molecule has 2 atom stereocenters. The number of hydrogen-bond acceptors (Lipinski definition) is 1. The van der Waals surface area contributed by atoms with Gasteiger partial charge in [0.15, 0.2) is 0 Å². The second-order valence-corrected chi connectivity index (χ2v) is 7.32. The third-order valence-electron chi connectivity index (χ3n) is 3.97. The minimum absolute atomic E-state index is 0.0978. The summed E-state index contributed by atoms with van der Waals surface area (Å²) < 4.78 is -0.904. The number of nitrogens with one attached hydrogen (secondary N) is 1. The Balaban J connectivity index is 1.87. The summed E-state index contributed by atoms with van der Waals surface area (Å²) in [4.78, 5) is 12.4. The zero-order valence-corrected chi connectivity index (χ0v) is 13.7. The number of carbonyl (C=O) groups is 1. The summed E-state index contributed by atoms with van der Waals surface area (Å²) in [6, 6.07) is 17.9. The minimum atomic E-state index is -0.904. The summed E-state index contributed by atoms with van der Waals surface area (Å²) >= 11 is 12.0. The van der Waals surface area contributed by atoms with E-state index in [1.807, 2.05) is 61.5 Å². The van der Waals surface area contributed by atoms with E-state index in [0.29, 0.717) is 6.42 Å². The maximum absolute atomic E-state index is 12.4. The van der Waals surface area contributed by atoms with E-state index in [1.165, 1.54) is 5.56 Å². The first-order valence-electron chi connectivity index (χ1n) is 7.27. The van der Waals surface area contributed by atoms with Crippen LogP contribution in [0.1, 0.15) is 29.2 Å². The number of rotatable bonds is 4.